The lowest BCUT2D eigenvalue weighted by Crippen LogP contribution is -2.41. The molecule has 138 valence electrons. The van der Waals surface area contributed by atoms with Crippen molar-refractivity contribution < 1.29 is 9.59 Å². The summed E-state index contributed by atoms with van der Waals surface area (Å²) in [5, 5.41) is 7.00. The standard InChI is InChI=1S/C18H18N6O2S/c1-12-4-6-13(7-5-12)16-21-23-18(27)24(16)10-8-15(25)20-22-17(26)14-3-2-9-19-11-14/h2-7,9,11H,8,10H2,1H3,(H,20,25)(H,22,26)(H,23,27). The van der Waals surface area contributed by atoms with Gasteiger partial charge >= 0.3 is 0 Å². The van der Waals surface area contributed by atoms with Gasteiger partial charge in [-0.3, -0.25) is 35.1 Å². The van der Waals surface area contributed by atoms with Gasteiger partial charge in [-0.2, -0.15) is 5.10 Å². The minimum Gasteiger partial charge on any atom is -0.300 e. The van der Waals surface area contributed by atoms with E-state index in [-0.39, 0.29) is 12.3 Å². The van der Waals surface area contributed by atoms with Crippen molar-refractivity contribution in [3.8, 4) is 11.4 Å². The number of hydrogen-bond acceptors (Lipinski definition) is 5. The van der Waals surface area contributed by atoms with Gasteiger partial charge in [0.05, 0.1) is 5.56 Å². The van der Waals surface area contributed by atoms with Crippen molar-refractivity contribution >= 4 is 24.0 Å². The number of nitrogens with one attached hydrogen (secondary N) is 3. The zero-order valence-corrected chi connectivity index (χ0v) is 15.4. The number of H-pyrrole nitrogens is 1. The maximum atomic E-state index is 12.1. The number of hydrogen-bond donors (Lipinski definition) is 3. The number of aromatic nitrogens is 4. The van der Waals surface area contributed by atoms with Crippen LogP contribution in [-0.4, -0.2) is 31.6 Å². The number of hydrazine groups is 1. The summed E-state index contributed by atoms with van der Waals surface area (Å²) in [5.41, 5.74) is 7.14. The van der Waals surface area contributed by atoms with E-state index in [1.165, 1.54) is 6.20 Å². The van der Waals surface area contributed by atoms with Gasteiger partial charge in [-0.1, -0.05) is 29.8 Å². The van der Waals surface area contributed by atoms with E-state index in [1.54, 1.807) is 22.9 Å². The van der Waals surface area contributed by atoms with Gasteiger partial charge in [-0.05, 0) is 31.3 Å². The van der Waals surface area contributed by atoms with Gasteiger partial charge < -0.3 is 0 Å². The highest BCUT2D eigenvalue weighted by Gasteiger charge is 2.11. The zero-order chi connectivity index (χ0) is 19.2. The lowest BCUT2D eigenvalue weighted by Gasteiger charge is -2.09. The highest BCUT2D eigenvalue weighted by atomic mass is 32.1. The number of pyridine rings is 1. The van der Waals surface area contributed by atoms with Crippen LogP contribution in [0.25, 0.3) is 11.4 Å². The van der Waals surface area contributed by atoms with E-state index in [2.05, 4.69) is 26.0 Å². The number of benzene rings is 1. The molecule has 0 aliphatic heterocycles. The predicted octanol–water partition coefficient (Wildman–Crippen LogP) is 2.16. The van der Waals surface area contributed by atoms with Crippen molar-refractivity contribution in [3.05, 3.63) is 64.7 Å². The first kappa shape index (κ1) is 18.5. The third-order valence-electron chi connectivity index (χ3n) is 3.87. The fraction of sp³-hybridized carbons (Fsp3) is 0.167. The summed E-state index contributed by atoms with van der Waals surface area (Å²) in [5.74, 6) is -0.117. The molecule has 0 aliphatic carbocycles. The maximum Gasteiger partial charge on any atom is 0.271 e. The summed E-state index contributed by atoms with van der Waals surface area (Å²) in [7, 11) is 0. The van der Waals surface area contributed by atoms with Gasteiger partial charge in [0.2, 0.25) is 5.91 Å². The van der Waals surface area contributed by atoms with Crippen molar-refractivity contribution in [2.45, 2.75) is 19.9 Å². The molecule has 0 bridgehead atoms. The second-order valence-electron chi connectivity index (χ2n) is 5.86. The fourth-order valence-corrected chi connectivity index (χ4v) is 2.64. The number of amides is 2. The number of carbonyl (C=O) groups is 2. The fourth-order valence-electron chi connectivity index (χ4n) is 2.42. The second-order valence-corrected chi connectivity index (χ2v) is 6.25. The molecule has 2 heterocycles. The Labute approximate surface area is 160 Å². The Morgan fingerprint density at radius 1 is 1.19 bits per heavy atom. The van der Waals surface area contributed by atoms with E-state index in [4.69, 9.17) is 12.2 Å². The number of rotatable bonds is 5. The Kier molecular flexibility index (Phi) is 5.72. The summed E-state index contributed by atoms with van der Waals surface area (Å²) >= 11 is 5.26. The summed E-state index contributed by atoms with van der Waals surface area (Å²) in [4.78, 5) is 27.8. The van der Waals surface area contributed by atoms with Crippen LogP contribution in [0.1, 0.15) is 22.3 Å². The molecule has 0 radical (unpaired) electrons. The summed E-state index contributed by atoms with van der Waals surface area (Å²) in [6.07, 6.45) is 3.11. The second kappa shape index (κ2) is 8.37. The van der Waals surface area contributed by atoms with Gasteiger partial charge in [-0.25, -0.2) is 0 Å². The highest BCUT2D eigenvalue weighted by molar-refractivity contribution is 7.71. The van der Waals surface area contributed by atoms with Crippen LogP contribution in [0.3, 0.4) is 0 Å². The van der Waals surface area contributed by atoms with Crippen LogP contribution in [-0.2, 0) is 11.3 Å². The molecule has 9 heteroatoms. The molecule has 3 rings (SSSR count). The van der Waals surface area contributed by atoms with Crippen LogP contribution < -0.4 is 10.9 Å². The summed E-state index contributed by atoms with van der Waals surface area (Å²) in [6, 6.07) is 11.1. The number of aromatic amines is 1. The van der Waals surface area contributed by atoms with E-state index in [0.717, 1.165) is 11.1 Å². The number of carbonyl (C=O) groups excluding carboxylic acids is 2. The Morgan fingerprint density at radius 3 is 2.67 bits per heavy atom. The molecule has 2 amide bonds. The Bertz CT molecular complexity index is 995. The van der Waals surface area contributed by atoms with Crippen LogP contribution in [0.15, 0.2) is 48.8 Å². The number of aryl methyl sites for hydroxylation is 1. The smallest absolute Gasteiger partial charge is 0.271 e. The van der Waals surface area contributed by atoms with Crippen LogP contribution in [0.4, 0.5) is 0 Å². The van der Waals surface area contributed by atoms with Crippen molar-refractivity contribution in [2.24, 2.45) is 0 Å². The van der Waals surface area contributed by atoms with Gasteiger partial charge in [-0.15, -0.1) is 0 Å². The molecule has 0 saturated heterocycles. The van der Waals surface area contributed by atoms with Gasteiger partial charge in [0.25, 0.3) is 5.91 Å². The van der Waals surface area contributed by atoms with Crippen molar-refractivity contribution in [1.29, 1.82) is 0 Å². The predicted molar refractivity (Wildman–Crippen MR) is 102 cm³/mol. The van der Waals surface area contributed by atoms with E-state index in [1.807, 2.05) is 31.2 Å². The molecule has 0 aliphatic rings. The maximum absolute atomic E-state index is 12.1. The third-order valence-corrected chi connectivity index (χ3v) is 4.18. The highest BCUT2D eigenvalue weighted by Crippen LogP contribution is 2.18. The van der Waals surface area contributed by atoms with Crippen LogP contribution in [0.2, 0.25) is 0 Å². The minimum atomic E-state index is -0.434. The summed E-state index contributed by atoms with van der Waals surface area (Å²) in [6.45, 7) is 2.33. The molecule has 3 aromatic rings. The van der Waals surface area contributed by atoms with E-state index in [0.29, 0.717) is 22.7 Å². The number of nitrogens with zero attached hydrogens (tertiary/aromatic N) is 3. The molecule has 8 nitrogen and oxygen atoms in total. The zero-order valence-electron chi connectivity index (χ0n) is 14.6. The normalized spacial score (nSPS) is 10.4. The van der Waals surface area contributed by atoms with Crippen molar-refractivity contribution in [1.82, 2.24) is 30.6 Å². The van der Waals surface area contributed by atoms with Crippen LogP contribution in [0, 0.1) is 11.7 Å². The average molecular weight is 382 g/mol. The lowest BCUT2D eigenvalue weighted by atomic mass is 10.1. The molecule has 0 fully saturated rings. The van der Waals surface area contributed by atoms with E-state index in [9.17, 15) is 9.59 Å². The van der Waals surface area contributed by atoms with Gasteiger partial charge in [0, 0.05) is 30.9 Å². The Balaban J connectivity index is 1.59. The average Bonchev–Trinajstić information content (AvgIpc) is 3.06. The first-order chi connectivity index (χ1) is 13.0. The first-order valence-electron chi connectivity index (χ1n) is 8.26. The molecule has 1 aromatic carbocycles. The quantitative estimate of drug-likeness (QED) is 0.463. The van der Waals surface area contributed by atoms with Crippen molar-refractivity contribution in [2.75, 3.05) is 0 Å². The molecule has 0 saturated carbocycles. The lowest BCUT2D eigenvalue weighted by molar-refractivity contribution is -0.122. The molecule has 0 unspecified atom stereocenters. The third kappa shape index (κ3) is 4.64. The molecular weight excluding hydrogens is 364 g/mol. The van der Waals surface area contributed by atoms with Gasteiger partial charge in [0.1, 0.15) is 0 Å². The monoisotopic (exact) mass is 382 g/mol. The Hall–Kier alpha value is -3.33. The van der Waals surface area contributed by atoms with Crippen LogP contribution >= 0.6 is 12.2 Å². The molecule has 3 N–H and O–H groups in total. The van der Waals surface area contributed by atoms with E-state index < -0.39 is 5.91 Å². The van der Waals surface area contributed by atoms with Gasteiger partial charge in [0.15, 0.2) is 10.6 Å². The SMILES string of the molecule is Cc1ccc(-c2n[nH]c(=S)n2CCC(=O)NNC(=O)c2cccnc2)cc1. The first-order valence-corrected chi connectivity index (χ1v) is 8.67. The van der Waals surface area contributed by atoms with Crippen LogP contribution in [0.5, 0.6) is 0 Å². The molecule has 2 aromatic heterocycles. The Morgan fingerprint density at radius 2 is 1.96 bits per heavy atom. The van der Waals surface area contributed by atoms with E-state index >= 15 is 0 Å². The molecule has 27 heavy (non-hydrogen) atoms. The molecule has 0 spiro atoms. The van der Waals surface area contributed by atoms with Crippen molar-refractivity contribution in [3.63, 3.8) is 0 Å². The largest absolute Gasteiger partial charge is 0.300 e. The molecular formula is C18H18N6O2S. The topological polar surface area (TPSA) is 105 Å². The summed E-state index contributed by atoms with van der Waals surface area (Å²) < 4.78 is 2.18. The minimum absolute atomic E-state index is 0.125. The molecule has 0 atom stereocenters.